The number of amides is 2. The van der Waals surface area contributed by atoms with Crippen LogP contribution in [0.1, 0.15) is 25.8 Å². The van der Waals surface area contributed by atoms with Crippen molar-refractivity contribution in [2.75, 3.05) is 24.6 Å². The molecule has 1 atom stereocenters. The first-order chi connectivity index (χ1) is 11.1. The van der Waals surface area contributed by atoms with Crippen molar-refractivity contribution in [3.05, 3.63) is 18.0 Å². The van der Waals surface area contributed by atoms with E-state index in [2.05, 4.69) is 34.9 Å². The van der Waals surface area contributed by atoms with Gasteiger partial charge in [-0.05, 0) is 0 Å². The normalized spacial score (nSPS) is 16.9. The van der Waals surface area contributed by atoms with E-state index in [9.17, 15) is 9.59 Å². The molecule has 1 aromatic rings. The van der Waals surface area contributed by atoms with E-state index >= 15 is 0 Å². The average Bonchev–Trinajstić information content (AvgIpc) is 2.98. The molecule has 130 valence electrons. The van der Waals surface area contributed by atoms with Gasteiger partial charge in [-0.1, -0.05) is 20.3 Å². The van der Waals surface area contributed by atoms with Crippen molar-refractivity contribution < 1.29 is 9.59 Å². The van der Waals surface area contributed by atoms with Crippen LogP contribution in [-0.2, 0) is 23.2 Å². The average molecular weight is 341 g/mol. The van der Waals surface area contributed by atoms with Crippen molar-refractivity contribution in [1.29, 1.82) is 0 Å². The monoisotopic (exact) mass is 341 g/mol. The Morgan fingerprint density at radius 1 is 1.43 bits per heavy atom. The number of aryl methyl sites for hydroxylation is 1. The molecule has 2 amide bonds. The van der Waals surface area contributed by atoms with Crippen molar-refractivity contribution in [2.45, 2.75) is 32.9 Å². The largest absolute Gasteiger partial charge is 0.350 e. The van der Waals surface area contributed by atoms with E-state index in [1.807, 2.05) is 13.2 Å². The predicted molar refractivity (Wildman–Crippen MR) is 93.1 cm³/mol. The van der Waals surface area contributed by atoms with E-state index in [1.165, 1.54) is 6.42 Å². The second-order valence-electron chi connectivity index (χ2n) is 5.31. The van der Waals surface area contributed by atoms with E-state index in [-0.39, 0.29) is 24.4 Å². The Labute approximate surface area is 142 Å². The second-order valence-corrected chi connectivity index (χ2v) is 6.46. The lowest BCUT2D eigenvalue weighted by Gasteiger charge is -2.22. The highest BCUT2D eigenvalue weighted by Gasteiger charge is 2.20. The zero-order chi connectivity index (χ0) is 17.1. The van der Waals surface area contributed by atoms with Crippen LogP contribution in [0.5, 0.6) is 0 Å². The SMILES string of the molecule is CCC.Cn1cc(CNC(=O)CNC(=O)C2CSCCN2)cn1. The molecule has 7 nitrogen and oxygen atoms in total. The standard InChI is InChI=1S/C12H19N5O2S.C3H8/c1-17-7-9(5-16-17)4-14-11(18)6-15-12(19)10-8-20-3-2-13-10;1-3-2/h5,7,10,13H,2-4,6,8H2,1H3,(H,14,18)(H,15,19);3H2,1-2H3. The van der Waals surface area contributed by atoms with Crippen LogP contribution < -0.4 is 16.0 Å². The van der Waals surface area contributed by atoms with Gasteiger partial charge in [0.15, 0.2) is 0 Å². The molecule has 8 heteroatoms. The van der Waals surface area contributed by atoms with E-state index in [1.54, 1.807) is 22.6 Å². The highest BCUT2D eigenvalue weighted by molar-refractivity contribution is 7.99. The summed E-state index contributed by atoms with van der Waals surface area (Å²) in [5, 5.41) is 12.5. The fourth-order valence-electron chi connectivity index (χ4n) is 1.85. The first kappa shape index (κ1) is 19.5. The van der Waals surface area contributed by atoms with E-state index < -0.39 is 0 Å². The molecule has 0 spiro atoms. The summed E-state index contributed by atoms with van der Waals surface area (Å²) in [6.07, 6.45) is 4.78. The van der Waals surface area contributed by atoms with Crippen LogP contribution in [0.2, 0.25) is 0 Å². The highest BCUT2D eigenvalue weighted by Crippen LogP contribution is 2.07. The molecule has 1 aromatic heterocycles. The molecule has 23 heavy (non-hydrogen) atoms. The van der Waals surface area contributed by atoms with Crippen molar-refractivity contribution in [1.82, 2.24) is 25.7 Å². The summed E-state index contributed by atoms with van der Waals surface area (Å²) < 4.78 is 1.68. The van der Waals surface area contributed by atoms with Gasteiger partial charge in [-0.25, -0.2) is 0 Å². The van der Waals surface area contributed by atoms with Crippen LogP contribution >= 0.6 is 11.8 Å². The van der Waals surface area contributed by atoms with Crippen molar-refractivity contribution in [3.8, 4) is 0 Å². The number of hydrogen-bond acceptors (Lipinski definition) is 5. The molecule has 1 saturated heterocycles. The molecule has 0 bridgehead atoms. The lowest BCUT2D eigenvalue weighted by Crippen LogP contribution is -2.50. The topological polar surface area (TPSA) is 88.0 Å². The minimum Gasteiger partial charge on any atom is -0.350 e. The third kappa shape index (κ3) is 8.03. The lowest BCUT2D eigenvalue weighted by molar-refractivity contribution is -0.127. The quantitative estimate of drug-likeness (QED) is 0.716. The molecule has 0 aromatic carbocycles. The number of nitrogens with one attached hydrogen (secondary N) is 3. The predicted octanol–water partition coefficient (Wildman–Crippen LogP) is 0.274. The van der Waals surface area contributed by atoms with Gasteiger partial charge < -0.3 is 16.0 Å². The number of carbonyl (C=O) groups excluding carboxylic acids is 2. The summed E-state index contributed by atoms with van der Waals surface area (Å²) in [5.41, 5.74) is 0.928. The molecule has 1 aliphatic heterocycles. The summed E-state index contributed by atoms with van der Waals surface area (Å²) in [4.78, 5) is 23.4. The Kier molecular flexibility index (Phi) is 9.39. The van der Waals surface area contributed by atoms with Crippen molar-refractivity contribution in [3.63, 3.8) is 0 Å². The zero-order valence-electron chi connectivity index (χ0n) is 14.1. The third-order valence-corrected chi connectivity index (χ3v) is 3.97. The number of rotatable bonds is 5. The molecule has 2 rings (SSSR count). The van der Waals surface area contributed by atoms with Gasteiger partial charge in [0.05, 0.1) is 18.8 Å². The van der Waals surface area contributed by atoms with Crippen LogP contribution in [0, 0.1) is 0 Å². The minimum atomic E-state index is -0.203. The van der Waals surface area contributed by atoms with Gasteiger partial charge in [0.25, 0.3) is 0 Å². The second kappa shape index (κ2) is 11.1. The molecule has 1 fully saturated rings. The summed E-state index contributed by atoms with van der Waals surface area (Å²) in [7, 11) is 1.82. The van der Waals surface area contributed by atoms with Crippen LogP contribution in [0.25, 0.3) is 0 Å². The van der Waals surface area contributed by atoms with E-state index in [4.69, 9.17) is 0 Å². The van der Waals surface area contributed by atoms with Gasteiger partial charge in [0.2, 0.25) is 11.8 Å². The summed E-state index contributed by atoms with van der Waals surface area (Å²) >= 11 is 1.74. The lowest BCUT2D eigenvalue weighted by atomic mass is 10.3. The van der Waals surface area contributed by atoms with Gasteiger partial charge in [-0.15, -0.1) is 0 Å². The number of carbonyl (C=O) groups is 2. The fourth-order valence-corrected chi connectivity index (χ4v) is 2.78. The van der Waals surface area contributed by atoms with Crippen LogP contribution in [0.4, 0.5) is 0 Å². The molecular weight excluding hydrogens is 314 g/mol. The van der Waals surface area contributed by atoms with Crippen LogP contribution in [-0.4, -0.2) is 52.2 Å². The minimum absolute atomic E-state index is 0.00193. The van der Waals surface area contributed by atoms with Gasteiger partial charge in [-0.3, -0.25) is 14.3 Å². The number of nitrogens with zero attached hydrogens (tertiary/aromatic N) is 2. The van der Waals surface area contributed by atoms with Crippen LogP contribution in [0.15, 0.2) is 12.4 Å². The van der Waals surface area contributed by atoms with Gasteiger partial charge in [0, 0.05) is 43.4 Å². The zero-order valence-corrected chi connectivity index (χ0v) is 14.9. The fraction of sp³-hybridized carbons (Fsp3) is 0.667. The van der Waals surface area contributed by atoms with E-state index in [0.29, 0.717) is 6.54 Å². The maximum atomic E-state index is 11.8. The number of hydrogen-bond donors (Lipinski definition) is 3. The maximum absolute atomic E-state index is 11.8. The molecule has 1 unspecified atom stereocenters. The summed E-state index contributed by atoms with van der Waals surface area (Å²) in [5.74, 6) is 1.46. The Balaban J connectivity index is 0.000000816. The van der Waals surface area contributed by atoms with Crippen LogP contribution in [0.3, 0.4) is 0 Å². The smallest absolute Gasteiger partial charge is 0.239 e. The van der Waals surface area contributed by atoms with Crippen molar-refractivity contribution >= 4 is 23.6 Å². The summed E-state index contributed by atoms with van der Waals surface area (Å²) in [6.45, 7) is 5.50. The summed E-state index contributed by atoms with van der Waals surface area (Å²) in [6, 6.07) is -0.195. The highest BCUT2D eigenvalue weighted by atomic mass is 32.2. The molecule has 1 aliphatic rings. The number of aromatic nitrogens is 2. The Hall–Kier alpha value is -1.54. The van der Waals surface area contributed by atoms with Crippen molar-refractivity contribution in [2.24, 2.45) is 7.05 Å². The van der Waals surface area contributed by atoms with E-state index in [0.717, 1.165) is 23.6 Å². The third-order valence-electron chi connectivity index (χ3n) is 2.91. The number of thioether (sulfide) groups is 1. The maximum Gasteiger partial charge on any atom is 0.239 e. The molecular formula is C15H27N5O2S. The Morgan fingerprint density at radius 3 is 2.74 bits per heavy atom. The molecule has 0 aliphatic carbocycles. The molecule has 2 heterocycles. The van der Waals surface area contributed by atoms with Gasteiger partial charge >= 0.3 is 0 Å². The first-order valence-electron chi connectivity index (χ1n) is 7.89. The first-order valence-corrected chi connectivity index (χ1v) is 9.05. The van der Waals surface area contributed by atoms with Gasteiger partial charge in [-0.2, -0.15) is 16.9 Å². The molecule has 3 N–H and O–H groups in total. The molecule has 0 saturated carbocycles. The van der Waals surface area contributed by atoms with Gasteiger partial charge in [0.1, 0.15) is 0 Å². The Bertz CT molecular complexity index is 486. The molecule has 0 radical (unpaired) electrons. The Morgan fingerprint density at radius 2 is 2.17 bits per heavy atom.